The highest BCUT2D eigenvalue weighted by atomic mass is 16.5. The molecule has 0 aromatic rings. The van der Waals surface area contributed by atoms with Gasteiger partial charge in [0.05, 0.1) is 19.8 Å². The minimum absolute atomic E-state index is 0.0617. The summed E-state index contributed by atoms with van der Waals surface area (Å²) in [6.45, 7) is 4.32. The van der Waals surface area contributed by atoms with E-state index in [1.165, 1.54) is 6.08 Å². The number of ether oxygens (including phenoxy) is 1. The van der Waals surface area contributed by atoms with Crippen LogP contribution in [0.5, 0.6) is 0 Å². The molecule has 0 atom stereocenters. The predicted molar refractivity (Wildman–Crippen MR) is 54.1 cm³/mol. The number of carbonyl (C=O) groups is 2. The summed E-state index contributed by atoms with van der Waals surface area (Å²) in [4.78, 5) is 22.0. The van der Waals surface area contributed by atoms with Gasteiger partial charge in [-0.15, -0.1) is 6.58 Å². The van der Waals surface area contributed by atoms with Crippen LogP contribution in [-0.4, -0.2) is 49.8 Å². The molecule has 0 radical (unpaired) electrons. The van der Waals surface area contributed by atoms with E-state index >= 15 is 0 Å². The van der Waals surface area contributed by atoms with Crippen LogP contribution in [0.1, 0.15) is 0 Å². The summed E-state index contributed by atoms with van der Waals surface area (Å²) < 4.78 is 4.88. The number of amides is 2. The van der Waals surface area contributed by atoms with Crippen LogP contribution in [0.25, 0.3) is 0 Å². The van der Waals surface area contributed by atoms with Crippen LogP contribution in [0.3, 0.4) is 0 Å². The van der Waals surface area contributed by atoms with E-state index in [-0.39, 0.29) is 32.9 Å². The Morgan fingerprint density at radius 2 is 1.93 bits per heavy atom. The molecule has 0 fully saturated rings. The van der Waals surface area contributed by atoms with Crippen molar-refractivity contribution in [3.05, 3.63) is 12.7 Å². The molecule has 0 saturated carbocycles. The van der Waals surface area contributed by atoms with Crippen molar-refractivity contribution in [1.82, 2.24) is 10.6 Å². The van der Waals surface area contributed by atoms with Crippen molar-refractivity contribution in [2.45, 2.75) is 0 Å². The molecule has 0 heterocycles. The molecule has 6 nitrogen and oxygen atoms in total. The van der Waals surface area contributed by atoms with Crippen LogP contribution in [0.4, 0.5) is 0 Å². The lowest BCUT2D eigenvalue weighted by Crippen LogP contribution is -2.41. The molecule has 0 bridgehead atoms. The lowest BCUT2D eigenvalue weighted by Gasteiger charge is -2.05. The first-order valence-electron chi connectivity index (χ1n) is 4.58. The zero-order valence-electron chi connectivity index (χ0n) is 8.49. The summed E-state index contributed by atoms with van der Waals surface area (Å²) in [6.07, 6.45) is 1.48. The van der Waals surface area contributed by atoms with Gasteiger partial charge in [0.25, 0.3) is 0 Å². The van der Waals surface area contributed by atoms with Crippen molar-refractivity contribution in [3.63, 3.8) is 0 Å². The molecule has 0 aromatic heterocycles. The summed E-state index contributed by atoms with van der Waals surface area (Å²) in [7, 11) is 0. The summed E-state index contributed by atoms with van der Waals surface area (Å²) in [5.41, 5.74) is 0. The Labute approximate surface area is 88.3 Å². The van der Waals surface area contributed by atoms with Gasteiger partial charge < -0.3 is 20.5 Å². The van der Waals surface area contributed by atoms with E-state index in [0.717, 1.165) is 0 Å². The number of aliphatic hydroxyl groups is 1. The third kappa shape index (κ3) is 7.65. The highest BCUT2D eigenvalue weighted by Crippen LogP contribution is 1.73. The molecule has 0 aliphatic heterocycles. The van der Waals surface area contributed by atoms with Gasteiger partial charge in [-0.2, -0.15) is 0 Å². The number of carbonyl (C=O) groups excluding carboxylic acids is 2. The monoisotopic (exact) mass is 216 g/mol. The molecule has 0 unspecified atom stereocenters. The third-order valence-electron chi connectivity index (χ3n) is 1.38. The first-order valence-corrected chi connectivity index (χ1v) is 4.58. The number of rotatable bonds is 7. The van der Waals surface area contributed by atoms with E-state index in [2.05, 4.69) is 17.2 Å². The van der Waals surface area contributed by atoms with Crippen molar-refractivity contribution in [3.8, 4) is 0 Å². The summed E-state index contributed by atoms with van der Waals surface area (Å²) in [5, 5.41) is 13.1. The molecular formula is C9H16N2O4. The second-order valence-corrected chi connectivity index (χ2v) is 2.59. The first kappa shape index (κ1) is 13.6. The zero-order chi connectivity index (χ0) is 11.5. The van der Waals surface area contributed by atoms with E-state index in [1.807, 2.05) is 0 Å². The molecule has 0 aromatic carbocycles. The SMILES string of the molecule is C=CCNC(=O)C(=O)NCCOCCO. The van der Waals surface area contributed by atoms with E-state index < -0.39 is 11.8 Å². The number of nitrogens with one attached hydrogen (secondary N) is 2. The Bertz CT molecular complexity index is 218. The average molecular weight is 216 g/mol. The molecule has 3 N–H and O–H groups in total. The predicted octanol–water partition coefficient (Wildman–Crippen LogP) is -1.59. The zero-order valence-corrected chi connectivity index (χ0v) is 8.49. The second kappa shape index (κ2) is 9.17. The Balaban J connectivity index is 3.47. The van der Waals surface area contributed by atoms with Crippen LogP contribution in [0.15, 0.2) is 12.7 Å². The molecule has 0 aliphatic rings. The first-order chi connectivity index (χ1) is 7.22. The highest BCUT2D eigenvalue weighted by Gasteiger charge is 2.10. The smallest absolute Gasteiger partial charge is 0.309 e. The molecule has 0 rings (SSSR count). The van der Waals surface area contributed by atoms with Gasteiger partial charge >= 0.3 is 11.8 Å². The number of aliphatic hydroxyl groups excluding tert-OH is 1. The van der Waals surface area contributed by atoms with Gasteiger partial charge in [-0.1, -0.05) is 6.08 Å². The Kier molecular flexibility index (Phi) is 8.31. The van der Waals surface area contributed by atoms with Gasteiger partial charge in [-0.3, -0.25) is 9.59 Å². The number of hydrogen-bond acceptors (Lipinski definition) is 4. The molecule has 0 saturated heterocycles. The van der Waals surface area contributed by atoms with Crippen LogP contribution < -0.4 is 10.6 Å². The highest BCUT2D eigenvalue weighted by molar-refractivity contribution is 6.35. The lowest BCUT2D eigenvalue weighted by molar-refractivity contribution is -0.139. The standard InChI is InChI=1S/C9H16N2O4/c1-2-3-10-8(13)9(14)11-4-6-15-7-5-12/h2,12H,1,3-7H2,(H,10,13)(H,11,14). The van der Waals surface area contributed by atoms with Crippen LogP contribution in [0, 0.1) is 0 Å². The average Bonchev–Trinajstić information content (AvgIpc) is 2.25. The fraction of sp³-hybridized carbons (Fsp3) is 0.556. The maximum Gasteiger partial charge on any atom is 0.309 e. The molecule has 0 spiro atoms. The number of hydrogen-bond donors (Lipinski definition) is 3. The van der Waals surface area contributed by atoms with Crippen molar-refractivity contribution < 1.29 is 19.4 Å². The molecule has 6 heteroatoms. The van der Waals surface area contributed by atoms with Gasteiger partial charge in [0.2, 0.25) is 0 Å². The van der Waals surface area contributed by atoms with E-state index in [9.17, 15) is 9.59 Å². The Hall–Kier alpha value is -1.40. The van der Waals surface area contributed by atoms with Gasteiger partial charge in [-0.05, 0) is 0 Å². The normalized spacial score (nSPS) is 9.40. The molecule has 86 valence electrons. The maximum atomic E-state index is 11.0. The minimum atomic E-state index is -0.704. The third-order valence-corrected chi connectivity index (χ3v) is 1.38. The summed E-state index contributed by atoms with van der Waals surface area (Å²) in [6, 6.07) is 0. The van der Waals surface area contributed by atoms with Crippen LogP contribution >= 0.6 is 0 Å². The fourth-order valence-corrected chi connectivity index (χ4v) is 0.729. The van der Waals surface area contributed by atoms with Gasteiger partial charge in [-0.25, -0.2) is 0 Å². The van der Waals surface area contributed by atoms with Crippen molar-refractivity contribution in [2.24, 2.45) is 0 Å². The van der Waals surface area contributed by atoms with Crippen molar-refractivity contribution in [2.75, 3.05) is 32.9 Å². The summed E-state index contributed by atoms with van der Waals surface area (Å²) in [5.74, 6) is -1.40. The maximum absolute atomic E-state index is 11.0. The molecular weight excluding hydrogens is 200 g/mol. The molecule has 15 heavy (non-hydrogen) atoms. The second-order valence-electron chi connectivity index (χ2n) is 2.59. The lowest BCUT2D eigenvalue weighted by atomic mass is 10.5. The van der Waals surface area contributed by atoms with E-state index in [1.54, 1.807) is 0 Å². The van der Waals surface area contributed by atoms with E-state index in [0.29, 0.717) is 0 Å². The molecule has 0 aliphatic carbocycles. The van der Waals surface area contributed by atoms with Gasteiger partial charge in [0.15, 0.2) is 0 Å². The quantitative estimate of drug-likeness (QED) is 0.272. The topological polar surface area (TPSA) is 87.7 Å². The van der Waals surface area contributed by atoms with Gasteiger partial charge in [0, 0.05) is 13.1 Å². The Morgan fingerprint density at radius 3 is 2.53 bits per heavy atom. The fourth-order valence-electron chi connectivity index (χ4n) is 0.729. The van der Waals surface area contributed by atoms with Crippen LogP contribution in [-0.2, 0) is 14.3 Å². The van der Waals surface area contributed by atoms with Crippen molar-refractivity contribution >= 4 is 11.8 Å². The minimum Gasteiger partial charge on any atom is -0.394 e. The summed E-state index contributed by atoms with van der Waals surface area (Å²) >= 11 is 0. The van der Waals surface area contributed by atoms with E-state index in [4.69, 9.17) is 9.84 Å². The Morgan fingerprint density at radius 1 is 1.27 bits per heavy atom. The molecule has 2 amide bonds. The van der Waals surface area contributed by atoms with Crippen molar-refractivity contribution in [1.29, 1.82) is 0 Å². The largest absolute Gasteiger partial charge is 0.394 e. The van der Waals surface area contributed by atoms with Crippen LogP contribution in [0.2, 0.25) is 0 Å². The van der Waals surface area contributed by atoms with Gasteiger partial charge in [0.1, 0.15) is 0 Å².